The van der Waals surface area contributed by atoms with Crippen molar-refractivity contribution in [3.05, 3.63) is 59.2 Å². The lowest BCUT2D eigenvalue weighted by Gasteiger charge is -2.33. The van der Waals surface area contributed by atoms with Crippen molar-refractivity contribution in [2.75, 3.05) is 20.8 Å². The first-order valence-corrected chi connectivity index (χ1v) is 8.09. The molecule has 0 aliphatic rings. The summed E-state index contributed by atoms with van der Waals surface area (Å²) in [5.41, 5.74) is -1.05. The topological polar surface area (TPSA) is 116 Å². The summed E-state index contributed by atoms with van der Waals surface area (Å²) in [6.45, 7) is -0.794. The predicted octanol–water partition coefficient (Wildman–Crippen LogP) is 1.53. The molecule has 0 saturated heterocycles. The summed E-state index contributed by atoms with van der Waals surface area (Å²) < 4.78 is 10.3. The predicted molar refractivity (Wildman–Crippen MR) is 98.7 cm³/mol. The number of rotatable bonds is 8. The Kier molecular flexibility index (Phi) is 6.57. The average molecular weight is 374 g/mol. The fourth-order valence-corrected chi connectivity index (χ4v) is 2.78. The molecule has 2 atom stereocenters. The van der Waals surface area contributed by atoms with E-state index in [1.54, 1.807) is 18.2 Å². The smallest absolute Gasteiger partial charge is 0.160 e. The highest BCUT2D eigenvalue weighted by atomic mass is 16.5. The van der Waals surface area contributed by atoms with E-state index in [1.807, 2.05) is 0 Å². The van der Waals surface area contributed by atoms with Crippen molar-refractivity contribution in [2.45, 2.75) is 11.7 Å². The Hall–Kier alpha value is -2.87. The first-order chi connectivity index (χ1) is 12.9. The first kappa shape index (κ1) is 20.4. The third-order valence-corrected chi connectivity index (χ3v) is 4.27. The zero-order valence-electron chi connectivity index (χ0n) is 15.0. The molecular formula is C20H22O7. The maximum Gasteiger partial charge on any atom is 0.160 e. The SMILES string of the molecule is COc1cc(C(O)[C@](O)(CO)c2ccc(/C=C/C=O)cc2OC)ccc1O. The number of aromatic hydroxyl groups is 1. The van der Waals surface area contributed by atoms with Crippen molar-refractivity contribution < 1.29 is 34.7 Å². The first-order valence-electron chi connectivity index (χ1n) is 8.09. The second-order valence-electron chi connectivity index (χ2n) is 5.87. The summed E-state index contributed by atoms with van der Waals surface area (Å²) in [4.78, 5) is 10.5. The highest BCUT2D eigenvalue weighted by Gasteiger charge is 2.40. The van der Waals surface area contributed by atoms with E-state index in [9.17, 15) is 25.2 Å². The molecule has 1 unspecified atom stereocenters. The highest BCUT2D eigenvalue weighted by Crippen LogP contribution is 2.41. The van der Waals surface area contributed by atoms with Crippen LogP contribution in [0.4, 0.5) is 0 Å². The van der Waals surface area contributed by atoms with Gasteiger partial charge >= 0.3 is 0 Å². The van der Waals surface area contributed by atoms with Crippen LogP contribution in [0, 0.1) is 0 Å². The Morgan fingerprint density at radius 3 is 2.41 bits per heavy atom. The van der Waals surface area contributed by atoms with Crippen LogP contribution in [0.15, 0.2) is 42.5 Å². The van der Waals surface area contributed by atoms with Crippen molar-refractivity contribution >= 4 is 12.4 Å². The number of ether oxygens (including phenoxy) is 2. The molecule has 7 nitrogen and oxygen atoms in total. The summed E-state index contributed by atoms with van der Waals surface area (Å²) in [5.74, 6) is 0.224. The second kappa shape index (κ2) is 8.68. The second-order valence-corrected chi connectivity index (χ2v) is 5.87. The van der Waals surface area contributed by atoms with Crippen molar-refractivity contribution in [3.8, 4) is 17.2 Å². The normalized spacial score (nSPS) is 14.6. The van der Waals surface area contributed by atoms with Crippen LogP contribution in [0.25, 0.3) is 6.08 Å². The van der Waals surface area contributed by atoms with Crippen LogP contribution in [-0.2, 0) is 10.4 Å². The quantitative estimate of drug-likeness (QED) is 0.409. The molecule has 0 aromatic heterocycles. The molecule has 0 fully saturated rings. The van der Waals surface area contributed by atoms with Gasteiger partial charge in [-0.1, -0.05) is 24.3 Å². The zero-order chi connectivity index (χ0) is 20.0. The molecule has 0 aliphatic heterocycles. The standard InChI is InChI=1S/C20H22O7/c1-26-17-10-13(4-3-9-21)5-7-15(17)20(25,12-22)19(24)14-6-8-16(23)18(11-14)27-2/h3-11,19,22-25H,12H2,1-2H3/b4-3+/t19?,20-/m0/s1. The lowest BCUT2D eigenvalue weighted by molar-refractivity contribution is -0.115. The monoisotopic (exact) mass is 374 g/mol. The number of benzene rings is 2. The van der Waals surface area contributed by atoms with Crippen molar-refractivity contribution in [1.82, 2.24) is 0 Å². The number of hydrogen-bond donors (Lipinski definition) is 4. The van der Waals surface area contributed by atoms with Gasteiger partial charge in [0.15, 0.2) is 11.5 Å². The van der Waals surface area contributed by atoms with E-state index in [0.29, 0.717) is 11.8 Å². The Balaban J connectivity index is 2.52. The highest BCUT2D eigenvalue weighted by molar-refractivity contribution is 5.74. The van der Waals surface area contributed by atoms with Crippen LogP contribution in [0.2, 0.25) is 0 Å². The minimum Gasteiger partial charge on any atom is -0.504 e. The van der Waals surface area contributed by atoms with Crippen molar-refractivity contribution in [2.24, 2.45) is 0 Å². The van der Waals surface area contributed by atoms with Gasteiger partial charge in [-0.15, -0.1) is 0 Å². The number of phenols is 1. The molecule has 4 N–H and O–H groups in total. The van der Waals surface area contributed by atoms with Gasteiger partial charge in [-0.3, -0.25) is 4.79 Å². The molecule has 0 bridgehead atoms. The number of aliphatic hydroxyl groups is 3. The van der Waals surface area contributed by atoms with Gasteiger partial charge in [-0.25, -0.2) is 0 Å². The number of hydrogen-bond acceptors (Lipinski definition) is 7. The maximum atomic E-state index is 11.1. The van der Waals surface area contributed by atoms with Crippen LogP contribution in [0.1, 0.15) is 22.8 Å². The van der Waals surface area contributed by atoms with Crippen molar-refractivity contribution in [1.29, 1.82) is 0 Å². The summed E-state index contributed by atoms with van der Waals surface area (Å²) in [7, 11) is 2.75. The molecule has 7 heteroatoms. The van der Waals surface area contributed by atoms with E-state index < -0.39 is 18.3 Å². The van der Waals surface area contributed by atoms with E-state index in [1.165, 1.54) is 44.6 Å². The van der Waals surface area contributed by atoms with Gasteiger partial charge in [0.05, 0.1) is 20.8 Å². The Morgan fingerprint density at radius 2 is 1.81 bits per heavy atom. The minimum atomic E-state index is -2.08. The summed E-state index contributed by atoms with van der Waals surface area (Å²) in [5, 5.41) is 41.4. The lowest BCUT2D eigenvalue weighted by atomic mass is 9.84. The molecule has 0 spiro atoms. The molecule has 2 rings (SSSR count). The van der Waals surface area contributed by atoms with E-state index in [0.717, 1.165) is 0 Å². The van der Waals surface area contributed by atoms with E-state index in [4.69, 9.17) is 9.47 Å². The van der Waals surface area contributed by atoms with Gasteiger partial charge in [-0.2, -0.15) is 0 Å². The number of phenolic OH excluding ortho intramolecular Hbond substituents is 1. The molecule has 0 heterocycles. The van der Waals surface area contributed by atoms with Gasteiger partial charge in [0.25, 0.3) is 0 Å². The molecule has 0 saturated carbocycles. The largest absolute Gasteiger partial charge is 0.504 e. The third kappa shape index (κ3) is 4.11. The Morgan fingerprint density at radius 1 is 1.11 bits per heavy atom. The van der Waals surface area contributed by atoms with Crippen LogP contribution in [0.5, 0.6) is 17.2 Å². The van der Waals surface area contributed by atoms with Crippen LogP contribution >= 0.6 is 0 Å². The number of allylic oxidation sites excluding steroid dienone is 1. The van der Waals surface area contributed by atoms with Gasteiger partial charge in [0.1, 0.15) is 23.7 Å². The molecule has 27 heavy (non-hydrogen) atoms. The molecule has 2 aromatic carbocycles. The molecular weight excluding hydrogens is 352 g/mol. The number of methoxy groups -OCH3 is 2. The van der Waals surface area contributed by atoms with Crippen LogP contribution in [0.3, 0.4) is 0 Å². The fourth-order valence-electron chi connectivity index (χ4n) is 2.78. The minimum absolute atomic E-state index is 0.119. The van der Waals surface area contributed by atoms with Crippen LogP contribution < -0.4 is 9.47 Å². The van der Waals surface area contributed by atoms with Crippen LogP contribution in [-0.4, -0.2) is 47.5 Å². The molecule has 0 aliphatic carbocycles. The number of carbonyl (C=O) groups excluding carboxylic acids is 1. The van der Waals surface area contributed by atoms with E-state index in [2.05, 4.69) is 0 Å². The molecule has 0 amide bonds. The van der Waals surface area contributed by atoms with Gasteiger partial charge in [0.2, 0.25) is 0 Å². The maximum absolute atomic E-state index is 11.1. The third-order valence-electron chi connectivity index (χ3n) is 4.27. The molecule has 144 valence electrons. The van der Waals surface area contributed by atoms with Gasteiger partial charge in [-0.05, 0) is 35.4 Å². The lowest BCUT2D eigenvalue weighted by Crippen LogP contribution is -2.37. The van der Waals surface area contributed by atoms with E-state index >= 15 is 0 Å². The average Bonchev–Trinajstić information content (AvgIpc) is 2.71. The molecule has 0 radical (unpaired) electrons. The number of aldehydes is 1. The summed E-state index contributed by atoms with van der Waals surface area (Å²) in [6, 6.07) is 8.79. The Labute approximate surface area is 156 Å². The molecule has 2 aromatic rings. The van der Waals surface area contributed by atoms with Gasteiger partial charge < -0.3 is 29.9 Å². The summed E-state index contributed by atoms with van der Waals surface area (Å²) >= 11 is 0. The summed E-state index contributed by atoms with van der Waals surface area (Å²) in [6.07, 6.45) is 1.96. The van der Waals surface area contributed by atoms with Crippen molar-refractivity contribution in [3.63, 3.8) is 0 Å². The fraction of sp³-hybridized carbons (Fsp3) is 0.250. The zero-order valence-corrected chi connectivity index (χ0v) is 15.0. The number of aliphatic hydroxyl groups excluding tert-OH is 2. The van der Waals surface area contributed by atoms with E-state index in [-0.39, 0.29) is 28.4 Å². The van der Waals surface area contributed by atoms with Gasteiger partial charge in [0, 0.05) is 5.56 Å². The Bertz CT molecular complexity index is 831. The number of carbonyl (C=O) groups is 1.